The van der Waals surface area contributed by atoms with E-state index in [0.29, 0.717) is 17.6 Å². The van der Waals surface area contributed by atoms with Gasteiger partial charge in [0.2, 0.25) is 0 Å². The molecule has 3 rings (SSSR count). The van der Waals surface area contributed by atoms with Gasteiger partial charge in [-0.3, -0.25) is 0 Å². The van der Waals surface area contributed by atoms with E-state index in [9.17, 15) is 0 Å². The highest BCUT2D eigenvalue weighted by atomic mass is 16.4. The quantitative estimate of drug-likeness (QED) is 0.828. The number of nitrogens with zero attached hydrogens (tertiary/aromatic N) is 2. The van der Waals surface area contributed by atoms with E-state index in [1.807, 2.05) is 18.2 Å². The van der Waals surface area contributed by atoms with Crippen LogP contribution in [0.2, 0.25) is 0 Å². The Hall–Kier alpha value is -1.75. The van der Waals surface area contributed by atoms with Gasteiger partial charge in [0.1, 0.15) is 5.52 Å². The molecule has 0 unspecified atom stereocenters. The number of aromatic nitrogens is 1. The van der Waals surface area contributed by atoms with Crippen molar-refractivity contribution in [2.75, 3.05) is 37.7 Å². The van der Waals surface area contributed by atoms with Crippen LogP contribution in [0.25, 0.3) is 11.1 Å². The number of nitrogen functional groups attached to an aromatic ring is 1. The van der Waals surface area contributed by atoms with Crippen LogP contribution >= 0.6 is 0 Å². The standard InChI is InChI=1S/C14H20N4O/c1-18-6-4-10(5-7-18)9-16-14-17-12-8-11(15)2-3-13(12)19-14/h2-3,8,10H,4-7,9,15H2,1H3,(H,16,17). The van der Waals surface area contributed by atoms with Crippen LogP contribution in [0.15, 0.2) is 22.6 Å². The zero-order chi connectivity index (χ0) is 13.2. The number of piperidine rings is 1. The number of benzene rings is 1. The Balaban J connectivity index is 1.62. The van der Waals surface area contributed by atoms with Gasteiger partial charge in [-0.05, 0) is 57.1 Å². The molecule has 1 aliphatic heterocycles. The van der Waals surface area contributed by atoms with Gasteiger partial charge in [0.15, 0.2) is 5.58 Å². The first kappa shape index (κ1) is 12.3. The number of fused-ring (bicyclic) bond motifs is 1. The molecule has 1 fully saturated rings. The van der Waals surface area contributed by atoms with Crippen molar-refractivity contribution in [3.63, 3.8) is 0 Å². The summed E-state index contributed by atoms with van der Waals surface area (Å²) < 4.78 is 5.65. The molecule has 1 aromatic heterocycles. The molecule has 0 spiro atoms. The normalized spacial score (nSPS) is 17.9. The first-order valence-electron chi connectivity index (χ1n) is 6.79. The highest BCUT2D eigenvalue weighted by Crippen LogP contribution is 2.22. The Bertz CT molecular complexity index is 558. The zero-order valence-corrected chi connectivity index (χ0v) is 11.2. The Morgan fingerprint density at radius 1 is 1.42 bits per heavy atom. The van der Waals surface area contributed by atoms with Crippen molar-refractivity contribution in [2.45, 2.75) is 12.8 Å². The molecule has 5 heteroatoms. The highest BCUT2D eigenvalue weighted by molar-refractivity contribution is 5.78. The van der Waals surface area contributed by atoms with Gasteiger partial charge in [-0.15, -0.1) is 0 Å². The van der Waals surface area contributed by atoms with Gasteiger partial charge in [0.05, 0.1) is 0 Å². The van der Waals surface area contributed by atoms with Crippen LogP contribution in [0.4, 0.5) is 11.7 Å². The second kappa shape index (κ2) is 5.09. The summed E-state index contributed by atoms with van der Waals surface area (Å²) in [5.74, 6) is 0.705. The average Bonchev–Trinajstić information content (AvgIpc) is 2.80. The summed E-state index contributed by atoms with van der Waals surface area (Å²) in [6.45, 7) is 3.28. The number of anilines is 2. The van der Waals surface area contributed by atoms with E-state index in [1.165, 1.54) is 25.9 Å². The van der Waals surface area contributed by atoms with Crippen molar-refractivity contribution in [3.8, 4) is 0 Å². The minimum atomic E-state index is 0.597. The fraction of sp³-hybridized carbons (Fsp3) is 0.500. The minimum absolute atomic E-state index is 0.597. The summed E-state index contributed by atoms with van der Waals surface area (Å²) in [5, 5.41) is 3.30. The van der Waals surface area contributed by atoms with Gasteiger partial charge in [-0.2, -0.15) is 4.98 Å². The molecule has 0 bridgehead atoms. The number of hydrogen-bond donors (Lipinski definition) is 2. The van der Waals surface area contributed by atoms with E-state index in [-0.39, 0.29) is 0 Å². The van der Waals surface area contributed by atoms with Gasteiger partial charge < -0.3 is 20.4 Å². The molecule has 1 aliphatic rings. The lowest BCUT2D eigenvalue weighted by atomic mass is 9.97. The topological polar surface area (TPSA) is 67.3 Å². The molecule has 0 amide bonds. The van der Waals surface area contributed by atoms with Crippen LogP contribution < -0.4 is 11.1 Å². The predicted molar refractivity (Wildman–Crippen MR) is 77.1 cm³/mol. The zero-order valence-electron chi connectivity index (χ0n) is 11.2. The molecular weight excluding hydrogens is 240 g/mol. The third-order valence-corrected chi connectivity index (χ3v) is 3.79. The van der Waals surface area contributed by atoms with Crippen molar-refractivity contribution in [3.05, 3.63) is 18.2 Å². The Kier molecular flexibility index (Phi) is 3.29. The lowest BCUT2D eigenvalue weighted by Crippen LogP contribution is -2.32. The summed E-state index contributed by atoms with van der Waals surface area (Å²) in [6.07, 6.45) is 2.47. The van der Waals surface area contributed by atoms with Gasteiger partial charge >= 0.3 is 0 Å². The van der Waals surface area contributed by atoms with Crippen LogP contribution in [-0.4, -0.2) is 36.6 Å². The molecule has 0 aliphatic carbocycles. The van der Waals surface area contributed by atoms with Gasteiger partial charge in [-0.1, -0.05) is 0 Å². The van der Waals surface area contributed by atoms with Crippen LogP contribution in [0, 0.1) is 5.92 Å². The molecule has 5 nitrogen and oxygen atoms in total. The minimum Gasteiger partial charge on any atom is -0.424 e. The maximum absolute atomic E-state index is 5.73. The van der Waals surface area contributed by atoms with Crippen LogP contribution in [0.5, 0.6) is 0 Å². The van der Waals surface area contributed by atoms with E-state index in [2.05, 4.69) is 22.2 Å². The number of nitrogens with two attached hydrogens (primary N) is 1. The largest absolute Gasteiger partial charge is 0.424 e. The van der Waals surface area contributed by atoms with Crippen LogP contribution in [0.3, 0.4) is 0 Å². The number of rotatable bonds is 3. The number of hydrogen-bond acceptors (Lipinski definition) is 5. The van der Waals surface area contributed by atoms with E-state index in [0.717, 1.165) is 17.6 Å². The second-order valence-corrected chi connectivity index (χ2v) is 5.37. The monoisotopic (exact) mass is 260 g/mol. The highest BCUT2D eigenvalue weighted by Gasteiger charge is 2.17. The lowest BCUT2D eigenvalue weighted by molar-refractivity contribution is 0.225. The third-order valence-electron chi connectivity index (χ3n) is 3.79. The maximum Gasteiger partial charge on any atom is 0.295 e. The Morgan fingerprint density at radius 3 is 3.00 bits per heavy atom. The molecule has 3 N–H and O–H groups in total. The molecular formula is C14H20N4O. The molecule has 1 saturated heterocycles. The van der Waals surface area contributed by atoms with Crippen molar-refractivity contribution >= 4 is 22.8 Å². The summed E-state index contributed by atoms with van der Waals surface area (Å²) in [6, 6.07) is 6.12. The van der Waals surface area contributed by atoms with Crippen molar-refractivity contribution in [1.82, 2.24) is 9.88 Å². The first-order valence-corrected chi connectivity index (χ1v) is 6.79. The average molecular weight is 260 g/mol. The van der Waals surface area contributed by atoms with Gasteiger partial charge in [-0.25, -0.2) is 0 Å². The fourth-order valence-corrected chi connectivity index (χ4v) is 2.52. The third kappa shape index (κ3) is 2.81. The molecule has 2 aromatic rings. The summed E-state index contributed by atoms with van der Waals surface area (Å²) in [7, 11) is 2.18. The van der Waals surface area contributed by atoms with Crippen molar-refractivity contribution < 1.29 is 4.42 Å². The molecule has 2 heterocycles. The Morgan fingerprint density at radius 2 is 2.21 bits per heavy atom. The van der Waals surface area contributed by atoms with Crippen LogP contribution in [-0.2, 0) is 0 Å². The SMILES string of the molecule is CN1CCC(CNc2nc3cc(N)ccc3o2)CC1. The second-order valence-electron chi connectivity index (χ2n) is 5.37. The smallest absolute Gasteiger partial charge is 0.295 e. The van der Waals surface area contributed by atoms with E-state index in [1.54, 1.807) is 0 Å². The van der Waals surface area contributed by atoms with E-state index in [4.69, 9.17) is 10.2 Å². The summed E-state index contributed by atoms with van der Waals surface area (Å²) in [4.78, 5) is 6.78. The molecule has 1 aromatic carbocycles. The predicted octanol–water partition coefficient (Wildman–Crippen LogP) is 2.16. The molecule has 102 valence electrons. The van der Waals surface area contributed by atoms with Crippen molar-refractivity contribution in [2.24, 2.45) is 5.92 Å². The lowest BCUT2D eigenvalue weighted by Gasteiger charge is -2.28. The molecule has 0 atom stereocenters. The molecule has 0 saturated carbocycles. The van der Waals surface area contributed by atoms with Gasteiger partial charge in [0, 0.05) is 12.2 Å². The number of likely N-dealkylation sites (tertiary alicyclic amines) is 1. The number of oxazole rings is 1. The Labute approximate surface area is 112 Å². The fourth-order valence-electron chi connectivity index (χ4n) is 2.52. The van der Waals surface area contributed by atoms with Crippen LogP contribution in [0.1, 0.15) is 12.8 Å². The molecule has 19 heavy (non-hydrogen) atoms. The maximum atomic E-state index is 5.73. The number of nitrogens with one attached hydrogen (secondary N) is 1. The summed E-state index contributed by atoms with van der Waals surface area (Å²) in [5.41, 5.74) is 8.03. The van der Waals surface area contributed by atoms with E-state index >= 15 is 0 Å². The van der Waals surface area contributed by atoms with E-state index < -0.39 is 0 Å². The van der Waals surface area contributed by atoms with Gasteiger partial charge in [0.25, 0.3) is 6.01 Å². The summed E-state index contributed by atoms with van der Waals surface area (Å²) >= 11 is 0. The first-order chi connectivity index (χ1) is 9.20. The van der Waals surface area contributed by atoms with Crippen molar-refractivity contribution in [1.29, 1.82) is 0 Å². The molecule has 0 radical (unpaired) electrons.